The van der Waals surface area contributed by atoms with Gasteiger partial charge in [-0.25, -0.2) is 0 Å². The van der Waals surface area contributed by atoms with E-state index >= 15 is 0 Å². The number of carboxylic acids is 1. The maximum atomic E-state index is 12.8. The van der Waals surface area contributed by atoms with E-state index in [1.54, 1.807) is 19.1 Å². The number of fused-ring (bicyclic) bond motifs is 2. The van der Waals surface area contributed by atoms with Crippen LogP contribution >= 0.6 is 0 Å². The molecule has 6 atom stereocenters. The summed E-state index contributed by atoms with van der Waals surface area (Å²) in [6.45, 7) is 0.940. The van der Waals surface area contributed by atoms with Crippen molar-refractivity contribution in [2.75, 3.05) is 27.3 Å². The van der Waals surface area contributed by atoms with Crippen molar-refractivity contribution in [3.8, 4) is 0 Å². The summed E-state index contributed by atoms with van der Waals surface area (Å²) in [5.74, 6) is -1.90. The second-order valence-electron chi connectivity index (χ2n) is 6.13. The fourth-order valence-corrected chi connectivity index (χ4v) is 4.08. The number of nitrogens with zero attached hydrogens (tertiary/aromatic N) is 1. The van der Waals surface area contributed by atoms with E-state index < -0.39 is 17.8 Å². The van der Waals surface area contributed by atoms with Gasteiger partial charge in [0.05, 0.1) is 11.8 Å². The predicted molar refractivity (Wildman–Crippen MR) is 73.5 cm³/mol. The molecule has 1 saturated carbocycles. The van der Waals surface area contributed by atoms with E-state index in [0.717, 1.165) is 6.42 Å². The minimum absolute atomic E-state index is 0.000460. The first-order valence-electron chi connectivity index (χ1n) is 7.32. The van der Waals surface area contributed by atoms with Crippen molar-refractivity contribution >= 4 is 11.9 Å². The van der Waals surface area contributed by atoms with Crippen LogP contribution in [0.15, 0.2) is 12.2 Å². The number of aliphatic carboxylic acids is 1. The van der Waals surface area contributed by atoms with Gasteiger partial charge in [-0.3, -0.25) is 9.59 Å². The Bertz CT molecular complexity index is 465. The van der Waals surface area contributed by atoms with Crippen LogP contribution in [0.5, 0.6) is 0 Å². The predicted octanol–water partition coefficient (Wildman–Crippen LogP) is 0.382. The minimum Gasteiger partial charge on any atom is -0.481 e. The topological polar surface area (TPSA) is 76.1 Å². The SMILES string of the molecule is COC1CN(C(=O)C2C3C=CC(C3)C2C(=O)O)CC1OC. The standard InChI is InChI=1S/C15H21NO5/c1-20-10-6-16(7-11(10)21-2)14(17)12-8-3-4-9(5-8)13(12)15(18)19/h3-4,8-13H,5-7H2,1-2H3,(H,18,19). The van der Waals surface area contributed by atoms with Crippen LogP contribution in [0.1, 0.15) is 6.42 Å². The molecule has 3 rings (SSSR count). The zero-order chi connectivity index (χ0) is 15.1. The maximum absolute atomic E-state index is 12.8. The van der Waals surface area contributed by atoms with E-state index in [0.29, 0.717) is 13.1 Å². The number of carboxylic acid groups (broad SMARTS) is 1. The zero-order valence-electron chi connectivity index (χ0n) is 12.3. The van der Waals surface area contributed by atoms with Crippen molar-refractivity contribution in [2.24, 2.45) is 23.7 Å². The van der Waals surface area contributed by atoms with Crippen molar-refractivity contribution in [2.45, 2.75) is 18.6 Å². The lowest BCUT2D eigenvalue weighted by molar-refractivity contribution is -0.150. The number of carbonyl (C=O) groups is 2. The molecule has 2 aliphatic carbocycles. The summed E-state index contributed by atoms with van der Waals surface area (Å²) in [6, 6.07) is 0. The molecule has 116 valence electrons. The van der Waals surface area contributed by atoms with Gasteiger partial charge in [-0.05, 0) is 18.3 Å². The Morgan fingerprint density at radius 1 is 1.05 bits per heavy atom. The Morgan fingerprint density at radius 3 is 2.05 bits per heavy atom. The first kappa shape index (κ1) is 14.5. The van der Waals surface area contributed by atoms with Crippen LogP contribution in [-0.4, -0.2) is 61.4 Å². The normalized spacial score (nSPS) is 41.0. The largest absolute Gasteiger partial charge is 0.481 e. The van der Waals surface area contributed by atoms with Crippen molar-refractivity contribution in [1.82, 2.24) is 4.90 Å². The molecule has 0 aromatic carbocycles. The van der Waals surface area contributed by atoms with E-state index in [2.05, 4.69) is 0 Å². The van der Waals surface area contributed by atoms with Gasteiger partial charge >= 0.3 is 5.97 Å². The Kier molecular flexibility index (Phi) is 3.75. The molecule has 0 aromatic rings. The molecular weight excluding hydrogens is 274 g/mol. The fraction of sp³-hybridized carbons (Fsp3) is 0.733. The molecule has 21 heavy (non-hydrogen) atoms. The monoisotopic (exact) mass is 295 g/mol. The molecule has 1 amide bonds. The summed E-state index contributed by atoms with van der Waals surface area (Å²) in [6.07, 6.45) is 4.45. The van der Waals surface area contributed by atoms with E-state index in [1.807, 2.05) is 12.2 Å². The number of rotatable bonds is 4. The van der Waals surface area contributed by atoms with Gasteiger partial charge in [0.1, 0.15) is 12.2 Å². The minimum atomic E-state index is -0.865. The number of carbonyl (C=O) groups excluding carboxylic acids is 1. The lowest BCUT2D eigenvalue weighted by Gasteiger charge is -2.28. The third kappa shape index (κ3) is 2.26. The van der Waals surface area contributed by atoms with Gasteiger partial charge in [0.25, 0.3) is 0 Å². The molecular formula is C15H21NO5. The first-order chi connectivity index (χ1) is 10.1. The number of amides is 1. The van der Waals surface area contributed by atoms with Crippen LogP contribution < -0.4 is 0 Å². The third-order valence-electron chi connectivity index (χ3n) is 5.16. The molecule has 6 unspecified atom stereocenters. The third-order valence-corrected chi connectivity index (χ3v) is 5.16. The highest BCUT2D eigenvalue weighted by Crippen LogP contribution is 2.49. The van der Waals surface area contributed by atoms with Gasteiger partial charge in [0.15, 0.2) is 0 Å². The molecule has 0 radical (unpaired) electrons. The summed E-state index contributed by atoms with van der Waals surface area (Å²) >= 11 is 0. The molecule has 0 spiro atoms. The number of allylic oxidation sites excluding steroid dienone is 2. The molecule has 0 aromatic heterocycles. The number of methoxy groups -OCH3 is 2. The molecule has 3 aliphatic rings. The van der Waals surface area contributed by atoms with Gasteiger partial charge in [0, 0.05) is 27.3 Å². The van der Waals surface area contributed by atoms with Gasteiger partial charge in [-0.15, -0.1) is 0 Å². The molecule has 2 bridgehead atoms. The van der Waals surface area contributed by atoms with Gasteiger partial charge in [0.2, 0.25) is 5.91 Å². The number of hydrogen-bond acceptors (Lipinski definition) is 4. The molecule has 6 nitrogen and oxygen atoms in total. The van der Waals surface area contributed by atoms with Gasteiger partial charge in [-0.1, -0.05) is 12.2 Å². The van der Waals surface area contributed by atoms with Crippen molar-refractivity contribution in [1.29, 1.82) is 0 Å². The number of hydrogen-bond donors (Lipinski definition) is 1. The Balaban J connectivity index is 1.76. The lowest BCUT2D eigenvalue weighted by atomic mass is 9.82. The number of likely N-dealkylation sites (tertiary alicyclic amines) is 1. The molecule has 2 fully saturated rings. The molecule has 6 heteroatoms. The summed E-state index contributed by atoms with van der Waals surface area (Å²) in [7, 11) is 3.20. The average molecular weight is 295 g/mol. The highest BCUT2D eigenvalue weighted by atomic mass is 16.5. The molecule has 1 saturated heterocycles. The maximum Gasteiger partial charge on any atom is 0.307 e. The van der Waals surface area contributed by atoms with E-state index in [-0.39, 0.29) is 30.0 Å². The van der Waals surface area contributed by atoms with E-state index in [9.17, 15) is 14.7 Å². The zero-order valence-corrected chi connectivity index (χ0v) is 12.3. The van der Waals surface area contributed by atoms with Crippen molar-refractivity contribution < 1.29 is 24.2 Å². The van der Waals surface area contributed by atoms with Gasteiger partial charge < -0.3 is 19.5 Å². The van der Waals surface area contributed by atoms with Crippen molar-refractivity contribution in [3.05, 3.63) is 12.2 Å². The Hall–Kier alpha value is -1.40. The second kappa shape index (κ2) is 5.42. The highest BCUT2D eigenvalue weighted by Gasteiger charge is 2.53. The van der Waals surface area contributed by atoms with E-state index in [4.69, 9.17) is 9.47 Å². The quantitative estimate of drug-likeness (QED) is 0.759. The van der Waals surface area contributed by atoms with Gasteiger partial charge in [-0.2, -0.15) is 0 Å². The Labute approximate surface area is 123 Å². The average Bonchev–Trinajstić information content (AvgIpc) is 3.18. The summed E-state index contributed by atoms with van der Waals surface area (Å²) < 4.78 is 10.7. The molecule has 1 heterocycles. The summed E-state index contributed by atoms with van der Waals surface area (Å²) in [5, 5.41) is 9.44. The lowest BCUT2D eigenvalue weighted by Crippen LogP contribution is -2.42. The Morgan fingerprint density at radius 2 is 1.57 bits per heavy atom. The van der Waals surface area contributed by atoms with Crippen LogP contribution in [0.3, 0.4) is 0 Å². The molecule has 1 N–H and O–H groups in total. The smallest absolute Gasteiger partial charge is 0.307 e. The summed E-state index contributed by atoms with van der Waals surface area (Å²) in [4.78, 5) is 26.0. The number of ether oxygens (including phenoxy) is 2. The van der Waals surface area contributed by atoms with Crippen LogP contribution in [0.4, 0.5) is 0 Å². The van der Waals surface area contributed by atoms with Crippen molar-refractivity contribution in [3.63, 3.8) is 0 Å². The fourth-order valence-electron chi connectivity index (χ4n) is 4.08. The highest BCUT2D eigenvalue weighted by molar-refractivity contribution is 5.87. The van der Waals surface area contributed by atoms with Crippen LogP contribution in [0, 0.1) is 23.7 Å². The van der Waals surface area contributed by atoms with Crippen LogP contribution in [0.2, 0.25) is 0 Å². The second-order valence-corrected chi connectivity index (χ2v) is 6.13. The van der Waals surface area contributed by atoms with Crippen LogP contribution in [0.25, 0.3) is 0 Å². The summed E-state index contributed by atoms with van der Waals surface area (Å²) in [5.41, 5.74) is 0. The molecule has 1 aliphatic heterocycles. The first-order valence-corrected chi connectivity index (χ1v) is 7.32. The van der Waals surface area contributed by atoms with E-state index in [1.165, 1.54) is 0 Å². The van der Waals surface area contributed by atoms with Crippen LogP contribution in [-0.2, 0) is 19.1 Å².